The first-order chi connectivity index (χ1) is 7.70. The van der Waals surface area contributed by atoms with Gasteiger partial charge in [0.1, 0.15) is 16.8 Å². The molecule has 16 heavy (non-hydrogen) atoms. The van der Waals surface area contributed by atoms with Crippen molar-refractivity contribution in [3.63, 3.8) is 0 Å². The Morgan fingerprint density at radius 3 is 2.81 bits per heavy atom. The van der Waals surface area contributed by atoms with Gasteiger partial charge < -0.3 is 0 Å². The van der Waals surface area contributed by atoms with Crippen LogP contribution in [0.15, 0.2) is 0 Å². The standard InChI is InChI=1S/C11H12ClN3O/c1-2-8-13-10(12)7-5-9(16)15(6-3-4-6)11(7)14-8/h6H,2-5H2,1H3. The summed E-state index contributed by atoms with van der Waals surface area (Å²) < 4.78 is 0. The highest BCUT2D eigenvalue weighted by molar-refractivity contribution is 6.31. The lowest BCUT2D eigenvalue weighted by Crippen LogP contribution is -2.29. The lowest BCUT2D eigenvalue weighted by molar-refractivity contribution is -0.117. The highest BCUT2D eigenvalue weighted by Gasteiger charge is 2.41. The van der Waals surface area contributed by atoms with Crippen LogP contribution in [0.4, 0.5) is 5.82 Å². The summed E-state index contributed by atoms with van der Waals surface area (Å²) in [5.74, 6) is 1.58. The van der Waals surface area contributed by atoms with Gasteiger partial charge in [0.25, 0.3) is 0 Å². The van der Waals surface area contributed by atoms with Crippen molar-refractivity contribution in [1.29, 1.82) is 0 Å². The molecule has 4 nitrogen and oxygen atoms in total. The Balaban J connectivity index is 2.11. The molecule has 0 atom stereocenters. The van der Waals surface area contributed by atoms with Crippen LogP contribution in [0.25, 0.3) is 0 Å². The van der Waals surface area contributed by atoms with Crippen LogP contribution in [-0.4, -0.2) is 21.9 Å². The molecule has 0 spiro atoms. The zero-order valence-electron chi connectivity index (χ0n) is 9.03. The van der Waals surface area contributed by atoms with Gasteiger partial charge in [0.15, 0.2) is 0 Å². The van der Waals surface area contributed by atoms with E-state index >= 15 is 0 Å². The van der Waals surface area contributed by atoms with Gasteiger partial charge in [-0.25, -0.2) is 9.97 Å². The summed E-state index contributed by atoms with van der Waals surface area (Å²) in [6.07, 6.45) is 3.25. The molecule has 0 unspecified atom stereocenters. The number of halogens is 1. The molecular weight excluding hydrogens is 226 g/mol. The predicted molar refractivity (Wildman–Crippen MR) is 60.6 cm³/mol. The highest BCUT2D eigenvalue weighted by Crippen LogP contribution is 2.39. The summed E-state index contributed by atoms with van der Waals surface area (Å²) in [5, 5.41) is 0.443. The molecule has 1 aromatic rings. The summed E-state index contributed by atoms with van der Waals surface area (Å²) in [4.78, 5) is 22.3. The molecule has 0 saturated heterocycles. The van der Waals surface area contributed by atoms with Crippen LogP contribution in [0.5, 0.6) is 0 Å². The monoisotopic (exact) mass is 237 g/mol. The second kappa shape index (κ2) is 3.42. The molecule has 0 aromatic carbocycles. The van der Waals surface area contributed by atoms with E-state index in [1.165, 1.54) is 0 Å². The summed E-state index contributed by atoms with van der Waals surface area (Å²) in [6, 6.07) is 0.351. The van der Waals surface area contributed by atoms with Gasteiger partial charge in [-0.3, -0.25) is 9.69 Å². The molecule has 5 heteroatoms. The third-order valence-corrected chi connectivity index (χ3v) is 3.35. The Kier molecular flexibility index (Phi) is 2.14. The van der Waals surface area contributed by atoms with Crippen LogP contribution < -0.4 is 4.90 Å². The van der Waals surface area contributed by atoms with Crippen molar-refractivity contribution in [3.8, 4) is 0 Å². The van der Waals surface area contributed by atoms with Crippen molar-refractivity contribution < 1.29 is 4.79 Å². The maximum atomic E-state index is 11.9. The number of nitrogens with zero attached hydrogens (tertiary/aromatic N) is 3. The van der Waals surface area contributed by atoms with Crippen LogP contribution in [0.1, 0.15) is 31.2 Å². The van der Waals surface area contributed by atoms with Crippen LogP contribution in [0, 0.1) is 0 Å². The van der Waals surface area contributed by atoms with E-state index in [0.29, 0.717) is 23.4 Å². The summed E-state index contributed by atoms with van der Waals surface area (Å²) >= 11 is 6.08. The average molecular weight is 238 g/mol. The largest absolute Gasteiger partial charge is 0.293 e. The zero-order valence-corrected chi connectivity index (χ0v) is 9.79. The normalized spacial score (nSPS) is 19.1. The molecule has 1 aliphatic heterocycles. The molecule has 0 N–H and O–H groups in total. The molecular formula is C11H12ClN3O. The molecule has 2 aliphatic rings. The summed E-state index contributed by atoms with van der Waals surface area (Å²) in [7, 11) is 0. The van der Waals surface area contributed by atoms with Gasteiger partial charge in [0.05, 0.1) is 6.42 Å². The van der Waals surface area contributed by atoms with Crippen molar-refractivity contribution in [1.82, 2.24) is 9.97 Å². The van der Waals surface area contributed by atoms with Crippen molar-refractivity contribution in [2.45, 2.75) is 38.6 Å². The number of fused-ring (bicyclic) bond motifs is 1. The molecule has 1 amide bonds. The van der Waals surface area contributed by atoms with E-state index in [1.807, 2.05) is 11.8 Å². The molecule has 1 fully saturated rings. The molecule has 1 aromatic heterocycles. The minimum Gasteiger partial charge on any atom is -0.293 e. The number of carbonyl (C=O) groups excluding carboxylic acids is 1. The molecule has 1 saturated carbocycles. The molecule has 0 radical (unpaired) electrons. The number of aromatic nitrogens is 2. The SMILES string of the molecule is CCc1nc(Cl)c2c(n1)N(C1CC1)C(=O)C2. The Bertz CT molecular complexity index is 471. The first-order valence-electron chi connectivity index (χ1n) is 5.58. The number of hydrogen-bond donors (Lipinski definition) is 0. The fraction of sp³-hybridized carbons (Fsp3) is 0.545. The number of anilines is 1. The van der Waals surface area contributed by atoms with Crippen LogP contribution in [0.2, 0.25) is 5.15 Å². The average Bonchev–Trinajstić information content (AvgIpc) is 3.02. The van der Waals surface area contributed by atoms with E-state index in [0.717, 1.165) is 30.6 Å². The van der Waals surface area contributed by atoms with Crippen molar-refractivity contribution in [2.75, 3.05) is 4.90 Å². The van der Waals surface area contributed by atoms with Crippen LogP contribution in [0.3, 0.4) is 0 Å². The Morgan fingerprint density at radius 2 is 2.19 bits per heavy atom. The van der Waals surface area contributed by atoms with E-state index in [2.05, 4.69) is 9.97 Å². The fourth-order valence-corrected chi connectivity index (χ4v) is 2.31. The van der Waals surface area contributed by atoms with Crippen molar-refractivity contribution in [3.05, 3.63) is 16.5 Å². The number of carbonyl (C=O) groups is 1. The minimum absolute atomic E-state index is 0.113. The first kappa shape index (κ1) is 10.0. The third kappa shape index (κ3) is 1.40. The summed E-state index contributed by atoms with van der Waals surface area (Å²) in [5.41, 5.74) is 0.802. The van der Waals surface area contributed by atoms with Crippen LogP contribution >= 0.6 is 11.6 Å². The topological polar surface area (TPSA) is 46.1 Å². The predicted octanol–water partition coefficient (Wildman–Crippen LogP) is 1.74. The lowest BCUT2D eigenvalue weighted by Gasteiger charge is -2.15. The maximum absolute atomic E-state index is 11.9. The maximum Gasteiger partial charge on any atom is 0.233 e. The number of hydrogen-bond acceptors (Lipinski definition) is 3. The Hall–Kier alpha value is -1.16. The van der Waals surface area contributed by atoms with Gasteiger partial charge in [-0.15, -0.1) is 0 Å². The van der Waals surface area contributed by atoms with Crippen molar-refractivity contribution >= 4 is 23.3 Å². The Labute approximate surface area is 98.6 Å². The fourth-order valence-electron chi connectivity index (χ4n) is 2.06. The number of amides is 1. The third-order valence-electron chi connectivity index (χ3n) is 3.03. The lowest BCUT2D eigenvalue weighted by atomic mass is 10.2. The molecule has 84 valence electrons. The molecule has 0 bridgehead atoms. The van der Waals surface area contributed by atoms with Gasteiger partial charge >= 0.3 is 0 Å². The van der Waals surface area contributed by atoms with Gasteiger partial charge in [-0.1, -0.05) is 18.5 Å². The van der Waals surface area contributed by atoms with Gasteiger partial charge in [0, 0.05) is 18.0 Å². The minimum atomic E-state index is 0.113. The highest BCUT2D eigenvalue weighted by atomic mass is 35.5. The quantitative estimate of drug-likeness (QED) is 0.737. The zero-order chi connectivity index (χ0) is 11.3. The number of rotatable bonds is 2. The van der Waals surface area contributed by atoms with E-state index < -0.39 is 0 Å². The van der Waals surface area contributed by atoms with Crippen molar-refractivity contribution in [2.24, 2.45) is 0 Å². The molecule has 2 heterocycles. The first-order valence-corrected chi connectivity index (χ1v) is 5.96. The van der Waals surface area contributed by atoms with Gasteiger partial charge in [-0.2, -0.15) is 0 Å². The summed E-state index contributed by atoms with van der Waals surface area (Å²) in [6.45, 7) is 1.98. The number of aryl methyl sites for hydroxylation is 1. The smallest absolute Gasteiger partial charge is 0.233 e. The van der Waals surface area contributed by atoms with Gasteiger partial charge in [-0.05, 0) is 12.8 Å². The van der Waals surface area contributed by atoms with E-state index in [4.69, 9.17) is 11.6 Å². The second-order valence-electron chi connectivity index (χ2n) is 4.26. The second-order valence-corrected chi connectivity index (χ2v) is 4.62. The van der Waals surface area contributed by atoms with E-state index in [1.54, 1.807) is 0 Å². The molecule has 3 rings (SSSR count). The van der Waals surface area contributed by atoms with Gasteiger partial charge in [0.2, 0.25) is 5.91 Å². The van der Waals surface area contributed by atoms with E-state index in [-0.39, 0.29) is 5.91 Å². The van der Waals surface area contributed by atoms with Crippen LogP contribution in [-0.2, 0) is 17.6 Å². The Morgan fingerprint density at radius 1 is 1.44 bits per heavy atom. The van der Waals surface area contributed by atoms with E-state index in [9.17, 15) is 4.79 Å². The molecule has 1 aliphatic carbocycles.